The van der Waals surface area contributed by atoms with E-state index in [1.54, 1.807) is 0 Å². The Morgan fingerprint density at radius 3 is 1.88 bits per heavy atom. The summed E-state index contributed by atoms with van der Waals surface area (Å²) >= 11 is -4.16. The first-order valence-electron chi connectivity index (χ1n) is 19.4. The second kappa shape index (κ2) is 14.1. The summed E-state index contributed by atoms with van der Waals surface area (Å²) in [6.07, 6.45) is 11.8. The fraction of sp³-hybridized carbons (Fsp3) is 0.533. The van der Waals surface area contributed by atoms with E-state index >= 15 is 0 Å². The molecule has 0 unspecified atom stereocenters. The molecule has 4 heteroatoms. The van der Waals surface area contributed by atoms with Crippen LogP contribution in [0.5, 0.6) is 0 Å². The first kappa shape index (κ1) is 35.2. The molecule has 260 valence electrons. The van der Waals surface area contributed by atoms with Crippen LogP contribution in [0, 0.1) is 46.3 Å². The normalized spacial score (nSPS) is 33.4. The van der Waals surface area contributed by atoms with Crippen LogP contribution in [-0.4, -0.2) is 35.5 Å². The summed E-state index contributed by atoms with van der Waals surface area (Å²) in [5, 5.41) is 11.4. The van der Waals surface area contributed by atoms with Gasteiger partial charge in [0.15, 0.2) is 0 Å². The molecule has 3 fully saturated rings. The number of benzene rings is 3. The van der Waals surface area contributed by atoms with E-state index in [-0.39, 0.29) is 20.5 Å². The third kappa shape index (κ3) is 5.82. The van der Waals surface area contributed by atoms with Gasteiger partial charge in [0.1, 0.15) is 0 Å². The van der Waals surface area contributed by atoms with Gasteiger partial charge in [0.2, 0.25) is 0 Å². The molecule has 0 radical (unpaired) electrons. The third-order valence-corrected chi connectivity index (χ3v) is 30.0. The predicted molar refractivity (Wildman–Crippen MR) is 204 cm³/mol. The van der Waals surface area contributed by atoms with E-state index in [1.165, 1.54) is 55.7 Å². The second-order valence-electron chi connectivity index (χ2n) is 17.3. The van der Waals surface area contributed by atoms with Gasteiger partial charge in [-0.25, -0.2) is 0 Å². The van der Waals surface area contributed by atoms with Crippen molar-refractivity contribution in [1.29, 1.82) is 0 Å². The van der Waals surface area contributed by atoms with E-state index < -0.39 is 24.5 Å². The molecule has 49 heavy (non-hydrogen) atoms. The van der Waals surface area contributed by atoms with Crippen molar-refractivity contribution in [2.45, 2.75) is 102 Å². The van der Waals surface area contributed by atoms with Crippen molar-refractivity contribution in [3.05, 3.63) is 103 Å². The van der Waals surface area contributed by atoms with E-state index in [1.807, 2.05) is 6.08 Å². The molecule has 0 bridgehead atoms. The average Bonchev–Trinajstić information content (AvgIpc) is 3.47. The van der Waals surface area contributed by atoms with Crippen LogP contribution >= 0.6 is 0 Å². The zero-order valence-electron chi connectivity index (χ0n) is 30.5. The van der Waals surface area contributed by atoms with Crippen molar-refractivity contribution >= 4 is 34.9 Å². The van der Waals surface area contributed by atoms with E-state index in [0.717, 1.165) is 17.9 Å². The van der Waals surface area contributed by atoms with Crippen molar-refractivity contribution in [2.75, 3.05) is 0 Å². The van der Waals surface area contributed by atoms with E-state index in [2.05, 4.69) is 126 Å². The molecular weight excluding hydrogens is 707 g/mol. The number of fused-ring (bicyclic) bond motifs is 5. The SMILES string of the molecule is CC(C)CCC[C@@H](C)[C@H]1CC[C@H]2[C@@H]3[C@H]([Sn]([c]4ccccc4)([c]4ccccc4)[c]4ccccc4)[C@@H](OO)C4=CC(=O)CC[C@]4(C)[C@H]3CC[C@]12C. The Kier molecular flexibility index (Phi) is 10.1. The van der Waals surface area contributed by atoms with Crippen molar-refractivity contribution in [3.63, 3.8) is 0 Å². The quantitative estimate of drug-likeness (QED) is 0.127. The first-order chi connectivity index (χ1) is 23.7. The van der Waals surface area contributed by atoms with Crippen LogP contribution in [-0.2, 0) is 9.68 Å². The van der Waals surface area contributed by atoms with Gasteiger partial charge in [-0.05, 0) is 0 Å². The molecule has 4 aliphatic carbocycles. The summed E-state index contributed by atoms with van der Waals surface area (Å²) in [4.78, 5) is 19.3. The molecule has 0 aromatic heterocycles. The fourth-order valence-electron chi connectivity index (χ4n) is 12.4. The molecule has 3 saturated carbocycles. The fourth-order valence-corrected chi connectivity index (χ4v) is 29.7. The van der Waals surface area contributed by atoms with Gasteiger partial charge in [-0.3, -0.25) is 0 Å². The molecule has 7 rings (SSSR count). The molecule has 3 aromatic carbocycles. The van der Waals surface area contributed by atoms with Crippen LogP contribution in [0.25, 0.3) is 0 Å². The Labute approximate surface area is 299 Å². The van der Waals surface area contributed by atoms with E-state index in [4.69, 9.17) is 4.89 Å². The van der Waals surface area contributed by atoms with Crippen molar-refractivity contribution in [2.24, 2.45) is 46.3 Å². The topological polar surface area (TPSA) is 46.5 Å². The standard InChI is InChI=1S/C27H43O3.3C6H5.Sn/c1-17(2)7-6-8-18(3)21-9-10-22-20-16-25(30-29)24-15-19(28)11-13-27(24,5)23(20)12-14-26(21,22)4;3*1-2-4-6-5-3-1;/h15-18,20-23,25,29H,6-14H2,1-5H3;3*1-5H;/t18-,20+,21-,22+,23+,25-,26-,27-;;;;/m1..../s1. The third-order valence-electron chi connectivity index (χ3n) is 14.6. The summed E-state index contributed by atoms with van der Waals surface area (Å²) in [6, 6.07) is 34.0. The molecule has 0 aliphatic heterocycles. The first-order valence-corrected chi connectivity index (χ1v) is 25.3. The molecule has 0 saturated heterocycles. The zero-order valence-corrected chi connectivity index (χ0v) is 33.3. The van der Waals surface area contributed by atoms with E-state index in [9.17, 15) is 10.1 Å². The molecule has 3 nitrogen and oxygen atoms in total. The van der Waals surface area contributed by atoms with Crippen LogP contribution in [0.4, 0.5) is 0 Å². The monoisotopic (exact) mass is 766 g/mol. The van der Waals surface area contributed by atoms with Crippen LogP contribution in [0.3, 0.4) is 0 Å². The van der Waals surface area contributed by atoms with Gasteiger partial charge in [0, 0.05) is 0 Å². The number of ketones is 1. The number of carbonyl (C=O) groups excluding carboxylic acids is 1. The summed E-state index contributed by atoms with van der Waals surface area (Å²) in [5.41, 5.74) is 1.16. The molecule has 9 atom stereocenters. The molecule has 0 amide bonds. The van der Waals surface area contributed by atoms with Crippen LogP contribution in [0.2, 0.25) is 3.93 Å². The van der Waals surface area contributed by atoms with Gasteiger partial charge in [-0.1, -0.05) is 0 Å². The minimum atomic E-state index is -4.16. The number of hydrogen-bond acceptors (Lipinski definition) is 3. The Morgan fingerprint density at radius 1 is 0.776 bits per heavy atom. The summed E-state index contributed by atoms with van der Waals surface area (Å²) in [5.74, 6) is 3.75. The zero-order chi connectivity index (χ0) is 34.4. The molecule has 3 aromatic rings. The van der Waals surface area contributed by atoms with Gasteiger partial charge >= 0.3 is 301 Å². The maximum absolute atomic E-state index is 13.3. The molecule has 1 N–H and O–H groups in total. The average molecular weight is 766 g/mol. The Balaban J connectivity index is 1.48. The predicted octanol–water partition coefficient (Wildman–Crippen LogP) is 9.22. The second-order valence-corrected chi connectivity index (χ2v) is 28.7. The van der Waals surface area contributed by atoms with Gasteiger partial charge in [-0.2, -0.15) is 0 Å². The van der Waals surface area contributed by atoms with Crippen molar-refractivity contribution in [1.82, 2.24) is 0 Å². The van der Waals surface area contributed by atoms with Crippen molar-refractivity contribution in [3.8, 4) is 0 Å². The van der Waals surface area contributed by atoms with Crippen LogP contribution < -0.4 is 10.7 Å². The number of hydrogen-bond donors (Lipinski definition) is 1. The van der Waals surface area contributed by atoms with Gasteiger partial charge in [0.05, 0.1) is 0 Å². The summed E-state index contributed by atoms with van der Waals surface area (Å²) in [7, 11) is 0. The molecular formula is C45H58O3Sn. The van der Waals surface area contributed by atoms with Crippen LogP contribution in [0.15, 0.2) is 103 Å². The Hall–Kier alpha value is -2.21. The molecule has 0 spiro atoms. The van der Waals surface area contributed by atoms with Crippen molar-refractivity contribution < 1.29 is 14.9 Å². The Bertz CT molecular complexity index is 1520. The minimum absolute atomic E-state index is 0.0846. The van der Waals surface area contributed by atoms with E-state index in [0.29, 0.717) is 36.0 Å². The molecule has 0 heterocycles. The molecule has 4 aliphatic rings. The van der Waals surface area contributed by atoms with Crippen LogP contribution in [0.1, 0.15) is 92.4 Å². The summed E-state index contributed by atoms with van der Waals surface area (Å²) in [6.45, 7) is 12.4. The van der Waals surface area contributed by atoms with Gasteiger partial charge in [-0.15, -0.1) is 0 Å². The number of rotatable bonds is 10. The Morgan fingerprint density at radius 2 is 1.35 bits per heavy atom. The number of carbonyl (C=O) groups is 1. The van der Waals surface area contributed by atoms with Gasteiger partial charge in [0.25, 0.3) is 0 Å². The maximum atomic E-state index is 13.3. The summed E-state index contributed by atoms with van der Waals surface area (Å²) < 4.78 is 4.36. The van der Waals surface area contributed by atoms with Gasteiger partial charge < -0.3 is 0 Å².